The molecule has 0 aliphatic heterocycles. The van der Waals surface area contributed by atoms with E-state index in [0.29, 0.717) is 19.6 Å². The molecule has 3 N–H and O–H groups in total. The average Bonchev–Trinajstić information content (AvgIpc) is 2.60. The van der Waals surface area contributed by atoms with Gasteiger partial charge in [0.15, 0.2) is 0 Å². The van der Waals surface area contributed by atoms with Crippen LogP contribution >= 0.6 is 0 Å². The van der Waals surface area contributed by atoms with Gasteiger partial charge in [0, 0.05) is 6.54 Å². The van der Waals surface area contributed by atoms with Crippen LogP contribution in [0.15, 0.2) is 0 Å². The zero-order chi connectivity index (χ0) is 21.2. The Morgan fingerprint density at radius 1 is 1.07 bits per heavy atom. The zero-order valence-corrected chi connectivity index (χ0v) is 18.6. The van der Waals surface area contributed by atoms with Crippen LogP contribution in [-0.2, 0) is 14.3 Å². The van der Waals surface area contributed by atoms with E-state index in [9.17, 15) is 9.59 Å². The molecule has 0 aromatic carbocycles. The van der Waals surface area contributed by atoms with E-state index < -0.39 is 11.5 Å². The van der Waals surface area contributed by atoms with Crippen molar-refractivity contribution in [2.75, 3.05) is 13.2 Å². The van der Waals surface area contributed by atoms with E-state index in [1.54, 1.807) is 0 Å². The Balaban J connectivity index is 2.64. The summed E-state index contributed by atoms with van der Waals surface area (Å²) in [6.45, 7) is 11.6. The first-order valence-corrected chi connectivity index (χ1v) is 11.0. The average molecular weight is 399 g/mol. The number of ether oxygens (including phenoxy) is 2. The molecule has 1 aliphatic carbocycles. The third kappa shape index (κ3) is 8.38. The summed E-state index contributed by atoms with van der Waals surface area (Å²) in [5, 5.41) is 2.83. The van der Waals surface area contributed by atoms with Crippen LogP contribution in [0.3, 0.4) is 0 Å². The highest BCUT2D eigenvalue weighted by atomic mass is 16.6. The second kappa shape index (κ2) is 11.6. The second-order valence-corrected chi connectivity index (χ2v) is 9.42. The lowest BCUT2D eigenvalue weighted by atomic mass is 9.60. The van der Waals surface area contributed by atoms with Crippen LogP contribution in [0, 0.1) is 10.8 Å². The SMILES string of the molecule is CCCCCNC(=O)OC1CC(C)(C)CC(C)(C(N)C(=O)OCCCCC)C1. The Morgan fingerprint density at radius 3 is 2.36 bits per heavy atom. The maximum absolute atomic E-state index is 12.5. The van der Waals surface area contributed by atoms with Gasteiger partial charge in [-0.05, 0) is 42.9 Å². The number of rotatable bonds is 11. The molecule has 0 aromatic heterocycles. The Labute approximate surface area is 171 Å². The lowest BCUT2D eigenvalue weighted by molar-refractivity contribution is -0.151. The van der Waals surface area contributed by atoms with Crippen LogP contribution < -0.4 is 11.1 Å². The van der Waals surface area contributed by atoms with Crippen molar-refractivity contribution in [2.45, 2.75) is 105 Å². The van der Waals surface area contributed by atoms with E-state index in [0.717, 1.165) is 51.4 Å². The maximum atomic E-state index is 12.5. The fraction of sp³-hybridized carbons (Fsp3) is 0.909. The summed E-state index contributed by atoms with van der Waals surface area (Å²) in [5.41, 5.74) is 5.81. The molecule has 0 heterocycles. The van der Waals surface area contributed by atoms with Crippen molar-refractivity contribution < 1.29 is 19.1 Å². The molecule has 1 fully saturated rings. The lowest BCUT2D eigenvalue weighted by Crippen LogP contribution is -2.53. The van der Waals surface area contributed by atoms with Crippen LogP contribution in [0.1, 0.15) is 92.4 Å². The van der Waals surface area contributed by atoms with Gasteiger partial charge in [-0.25, -0.2) is 4.79 Å². The smallest absolute Gasteiger partial charge is 0.407 e. The molecule has 0 radical (unpaired) electrons. The quantitative estimate of drug-likeness (QED) is 0.394. The number of amides is 1. The number of hydrogen-bond donors (Lipinski definition) is 2. The van der Waals surface area contributed by atoms with Gasteiger partial charge in [-0.2, -0.15) is 0 Å². The standard InChI is InChI=1S/C22H42N2O4/c1-6-8-10-12-24-20(26)28-17-14-21(3,4)16-22(5,15-17)18(23)19(25)27-13-11-9-7-2/h17-18H,6-16,23H2,1-5H3,(H,24,26). The molecule has 1 saturated carbocycles. The summed E-state index contributed by atoms with van der Waals surface area (Å²) < 4.78 is 11.1. The normalized spacial score (nSPS) is 25.0. The molecule has 3 atom stereocenters. The van der Waals surface area contributed by atoms with Gasteiger partial charge in [0.2, 0.25) is 0 Å². The van der Waals surface area contributed by atoms with Gasteiger partial charge in [-0.1, -0.05) is 60.3 Å². The van der Waals surface area contributed by atoms with Crippen LogP contribution in [0.5, 0.6) is 0 Å². The molecule has 0 saturated heterocycles. The highest BCUT2D eigenvalue weighted by Crippen LogP contribution is 2.48. The molecule has 164 valence electrons. The summed E-state index contributed by atoms with van der Waals surface area (Å²) in [4.78, 5) is 24.6. The molecule has 1 amide bonds. The minimum absolute atomic E-state index is 0.0692. The summed E-state index contributed by atoms with van der Waals surface area (Å²) in [6, 6.07) is -0.715. The molecule has 6 nitrogen and oxygen atoms in total. The number of hydrogen-bond acceptors (Lipinski definition) is 5. The minimum atomic E-state index is -0.715. The van der Waals surface area contributed by atoms with Gasteiger partial charge in [0.25, 0.3) is 0 Å². The lowest BCUT2D eigenvalue weighted by Gasteiger charge is -2.47. The van der Waals surface area contributed by atoms with E-state index >= 15 is 0 Å². The predicted molar refractivity (Wildman–Crippen MR) is 112 cm³/mol. The van der Waals surface area contributed by atoms with Crippen LogP contribution in [-0.4, -0.2) is 37.4 Å². The largest absolute Gasteiger partial charge is 0.465 e. The highest BCUT2D eigenvalue weighted by Gasteiger charge is 2.48. The Kier molecular flexibility index (Phi) is 10.3. The van der Waals surface area contributed by atoms with Gasteiger partial charge >= 0.3 is 12.1 Å². The van der Waals surface area contributed by atoms with Gasteiger partial charge < -0.3 is 20.5 Å². The van der Waals surface area contributed by atoms with Gasteiger partial charge in [0.1, 0.15) is 12.1 Å². The third-order valence-corrected chi connectivity index (χ3v) is 5.68. The zero-order valence-electron chi connectivity index (χ0n) is 18.6. The minimum Gasteiger partial charge on any atom is -0.465 e. The van der Waals surface area contributed by atoms with Crippen LogP contribution in [0.4, 0.5) is 4.79 Å². The molecular weight excluding hydrogens is 356 g/mol. The third-order valence-electron chi connectivity index (χ3n) is 5.68. The summed E-state index contributed by atoms with van der Waals surface area (Å²) in [5.74, 6) is -0.348. The van der Waals surface area contributed by atoms with E-state index in [1.165, 1.54) is 0 Å². The summed E-state index contributed by atoms with van der Waals surface area (Å²) >= 11 is 0. The van der Waals surface area contributed by atoms with Crippen LogP contribution in [0.2, 0.25) is 0 Å². The van der Waals surface area contributed by atoms with E-state index in [2.05, 4.69) is 33.0 Å². The topological polar surface area (TPSA) is 90.6 Å². The maximum Gasteiger partial charge on any atom is 0.407 e. The van der Waals surface area contributed by atoms with E-state index in [4.69, 9.17) is 15.2 Å². The first kappa shape index (κ1) is 24.7. The monoisotopic (exact) mass is 398 g/mol. The van der Waals surface area contributed by atoms with Crippen molar-refractivity contribution in [1.29, 1.82) is 0 Å². The first-order valence-electron chi connectivity index (χ1n) is 11.0. The number of unbranched alkanes of at least 4 members (excludes halogenated alkanes) is 4. The number of carbonyl (C=O) groups is 2. The molecule has 0 aromatic rings. The summed E-state index contributed by atoms with van der Waals surface area (Å²) in [6.07, 6.45) is 7.63. The summed E-state index contributed by atoms with van der Waals surface area (Å²) in [7, 11) is 0. The highest BCUT2D eigenvalue weighted by molar-refractivity contribution is 5.76. The van der Waals surface area contributed by atoms with Crippen molar-refractivity contribution in [3.8, 4) is 0 Å². The van der Waals surface area contributed by atoms with Crippen molar-refractivity contribution in [1.82, 2.24) is 5.32 Å². The fourth-order valence-corrected chi connectivity index (χ4v) is 4.42. The molecular formula is C22H42N2O4. The van der Waals surface area contributed by atoms with Gasteiger partial charge in [-0.3, -0.25) is 4.79 Å². The predicted octanol–water partition coefficient (Wildman–Crippen LogP) is 4.55. The molecule has 6 heteroatoms. The Morgan fingerprint density at radius 2 is 1.71 bits per heavy atom. The molecule has 1 aliphatic rings. The molecule has 1 rings (SSSR count). The van der Waals surface area contributed by atoms with Crippen molar-refractivity contribution in [3.63, 3.8) is 0 Å². The van der Waals surface area contributed by atoms with E-state index in [1.807, 2.05) is 6.92 Å². The van der Waals surface area contributed by atoms with Gasteiger partial charge in [-0.15, -0.1) is 0 Å². The number of alkyl carbamates (subject to hydrolysis) is 1. The Bertz CT molecular complexity index is 495. The number of nitrogens with one attached hydrogen (secondary N) is 1. The van der Waals surface area contributed by atoms with Crippen LogP contribution in [0.25, 0.3) is 0 Å². The fourth-order valence-electron chi connectivity index (χ4n) is 4.42. The first-order chi connectivity index (χ1) is 13.1. The molecule has 28 heavy (non-hydrogen) atoms. The van der Waals surface area contributed by atoms with Crippen molar-refractivity contribution in [2.24, 2.45) is 16.6 Å². The number of carbonyl (C=O) groups excluding carboxylic acids is 2. The van der Waals surface area contributed by atoms with E-state index in [-0.39, 0.29) is 23.6 Å². The second-order valence-electron chi connectivity index (χ2n) is 9.42. The number of esters is 1. The Hall–Kier alpha value is -1.30. The molecule has 0 spiro atoms. The van der Waals surface area contributed by atoms with Gasteiger partial charge in [0.05, 0.1) is 6.61 Å². The number of nitrogens with two attached hydrogens (primary N) is 1. The molecule has 3 unspecified atom stereocenters. The van der Waals surface area contributed by atoms with Crippen molar-refractivity contribution in [3.05, 3.63) is 0 Å². The molecule has 0 bridgehead atoms. The van der Waals surface area contributed by atoms with Crippen molar-refractivity contribution >= 4 is 12.1 Å².